The first kappa shape index (κ1) is 17.8. The van der Waals surface area contributed by atoms with Crippen LogP contribution in [0.2, 0.25) is 0 Å². The van der Waals surface area contributed by atoms with Gasteiger partial charge in [0.05, 0.1) is 27.0 Å². The van der Waals surface area contributed by atoms with Crippen molar-refractivity contribution in [1.82, 2.24) is 25.0 Å². The second-order valence-corrected chi connectivity index (χ2v) is 7.89. The number of hydrogen-bond donors (Lipinski definition) is 0. The normalized spacial score (nSPS) is 15.3. The second kappa shape index (κ2) is 7.19. The molecule has 1 amide bonds. The first-order valence-electron chi connectivity index (χ1n) is 9.01. The van der Waals surface area contributed by atoms with Crippen molar-refractivity contribution in [2.75, 3.05) is 13.1 Å². The Morgan fingerprint density at radius 2 is 2.00 bits per heavy atom. The molecule has 3 aromatic rings. The molecule has 4 rings (SSSR count). The van der Waals surface area contributed by atoms with Gasteiger partial charge >= 0.3 is 0 Å². The van der Waals surface area contributed by atoms with Gasteiger partial charge in [-0.1, -0.05) is 5.16 Å². The predicted molar refractivity (Wildman–Crippen MR) is 102 cm³/mol. The highest BCUT2D eigenvalue weighted by atomic mass is 32.1. The Bertz CT molecular complexity index is 972. The highest BCUT2D eigenvalue weighted by molar-refractivity contribution is 7.15. The van der Waals surface area contributed by atoms with Gasteiger partial charge in [-0.25, -0.2) is 15.0 Å². The van der Waals surface area contributed by atoms with Crippen molar-refractivity contribution in [3.63, 3.8) is 0 Å². The number of aromatic nitrogens is 4. The van der Waals surface area contributed by atoms with E-state index in [-0.39, 0.29) is 5.91 Å². The lowest BCUT2D eigenvalue weighted by molar-refractivity contribution is 0.0671. The van der Waals surface area contributed by atoms with E-state index >= 15 is 0 Å². The van der Waals surface area contributed by atoms with E-state index in [1.54, 1.807) is 23.6 Å². The standard InChI is InChI=1S/C19H21N5O2S/c1-11-10-16(26-23-11)19(25)24-8-5-14(6-9-24)18-21-12(2)17(27-18)15-4-7-20-13(3)22-15/h4,7,10,14H,5-6,8-9H2,1-3H3. The summed E-state index contributed by atoms with van der Waals surface area (Å²) in [6, 6.07) is 3.62. The maximum Gasteiger partial charge on any atom is 0.292 e. The van der Waals surface area contributed by atoms with Crippen LogP contribution in [0.3, 0.4) is 0 Å². The molecule has 140 valence electrons. The van der Waals surface area contributed by atoms with Crippen molar-refractivity contribution >= 4 is 17.2 Å². The molecule has 0 spiro atoms. The van der Waals surface area contributed by atoms with Crippen molar-refractivity contribution in [2.45, 2.75) is 39.5 Å². The van der Waals surface area contributed by atoms with E-state index < -0.39 is 0 Å². The number of rotatable bonds is 3. The molecular weight excluding hydrogens is 362 g/mol. The Kier molecular flexibility index (Phi) is 4.73. The Labute approximate surface area is 161 Å². The first-order chi connectivity index (χ1) is 13.0. The molecule has 1 aliphatic rings. The van der Waals surface area contributed by atoms with Crippen LogP contribution in [0, 0.1) is 20.8 Å². The Morgan fingerprint density at radius 3 is 2.67 bits per heavy atom. The molecule has 27 heavy (non-hydrogen) atoms. The number of nitrogens with zero attached hydrogens (tertiary/aromatic N) is 5. The van der Waals surface area contributed by atoms with Crippen LogP contribution in [0.4, 0.5) is 0 Å². The average Bonchev–Trinajstić information content (AvgIpc) is 3.27. The second-order valence-electron chi connectivity index (χ2n) is 6.85. The van der Waals surface area contributed by atoms with Gasteiger partial charge in [-0.2, -0.15) is 0 Å². The molecule has 0 radical (unpaired) electrons. The maximum absolute atomic E-state index is 12.5. The monoisotopic (exact) mass is 383 g/mol. The summed E-state index contributed by atoms with van der Waals surface area (Å²) in [6.45, 7) is 7.13. The van der Waals surface area contributed by atoms with E-state index in [2.05, 4.69) is 15.1 Å². The van der Waals surface area contributed by atoms with Crippen LogP contribution in [0.25, 0.3) is 10.6 Å². The smallest absolute Gasteiger partial charge is 0.292 e. The lowest BCUT2D eigenvalue weighted by atomic mass is 9.97. The van der Waals surface area contributed by atoms with E-state index in [0.717, 1.165) is 45.6 Å². The minimum Gasteiger partial charge on any atom is -0.351 e. The summed E-state index contributed by atoms with van der Waals surface area (Å²) >= 11 is 1.70. The molecule has 0 aromatic carbocycles. The fraction of sp³-hybridized carbons (Fsp3) is 0.421. The molecule has 0 saturated carbocycles. The van der Waals surface area contributed by atoms with Gasteiger partial charge in [-0.15, -0.1) is 11.3 Å². The molecule has 8 heteroatoms. The molecule has 1 saturated heterocycles. The molecule has 0 bridgehead atoms. The number of amides is 1. The van der Waals surface area contributed by atoms with Crippen LogP contribution in [0.1, 0.15) is 51.5 Å². The van der Waals surface area contributed by atoms with Gasteiger partial charge in [0.15, 0.2) is 0 Å². The quantitative estimate of drug-likeness (QED) is 0.688. The van der Waals surface area contributed by atoms with E-state index in [4.69, 9.17) is 9.51 Å². The van der Waals surface area contributed by atoms with Gasteiger partial charge in [0.1, 0.15) is 5.82 Å². The average molecular weight is 383 g/mol. The zero-order chi connectivity index (χ0) is 19.0. The summed E-state index contributed by atoms with van der Waals surface area (Å²) in [5.74, 6) is 1.36. The minimum atomic E-state index is -0.0819. The molecule has 0 unspecified atom stereocenters. The number of carbonyl (C=O) groups excluding carboxylic acids is 1. The van der Waals surface area contributed by atoms with Crippen LogP contribution in [-0.2, 0) is 0 Å². The van der Waals surface area contributed by atoms with Gasteiger partial charge in [-0.3, -0.25) is 4.79 Å². The fourth-order valence-electron chi connectivity index (χ4n) is 3.36. The third-order valence-electron chi connectivity index (χ3n) is 4.79. The number of piperidine rings is 1. The predicted octanol–water partition coefficient (Wildman–Crippen LogP) is 3.53. The highest BCUT2D eigenvalue weighted by Gasteiger charge is 2.28. The molecule has 0 atom stereocenters. The van der Waals surface area contributed by atoms with Crippen LogP contribution >= 0.6 is 11.3 Å². The molecule has 1 fully saturated rings. The molecule has 4 heterocycles. The number of thiazole rings is 1. The van der Waals surface area contributed by atoms with Crippen LogP contribution < -0.4 is 0 Å². The molecule has 1 aliphatic heterocycles. The number of likely N-dealkylation sites (tertiary alicyclic amines) is 1. The lowest BCUT2D eigenvalue weighted by Gasteiger charge is -2.30. The molecule has 0 aliphatic carbocycles. The number of carbonyl (C=O) groups is 1. The summed E-state index contributed by atoms with van der Waals surface area (Å²) < 4.78 is 5.10. The van der Waals surface area contributed by atoms with Gasteiger partial charge < -0.3 is 9.42 Å². The summed E-state index contributed by atoms with van der Waals surface area (Å²) in [5.41, 5.74) is 2.65. The van der Waals surface area contributed by atoms with Crippen LogP contribution in [0.15, 0.2) is 22.9 Å². The van der Waals surface area contributed by atoms with Crippen LogP contribution in [0.5, 0.6) is 0 Å². The molecule has 0 N–H and O–H groups in total. The Balaban J connectivity index is 1.46. The molecule has 7 nitrogen and oxygen atoms in total. The van der Waals surface area contributed by atoms with E-state index in [1.165, 1.54) is 0 Å². The fourth-order valence-corrected chi connectivity index (χ4v) is 4.57. The first-order valence-corrected chi connectivity index (χ1v) is 9.83. The summed E-state index contributed by atoms with van der Waals surface area (Å²) in [5, 5.41) is 4.93. The summed E-state index contributed by atoms with van der Waals surface area (Å²) in [7, 11) is 0. The van der Waals surface area contributed by atoms with Crippen molar-refractivity contribution in [2.24, 2.45) is 0 Å². The van der Waals surface area contributed by atoms with E-state index in [1.807, 2.05) is 31.7 Å². The zero-order valence-corrected chi connectivity index (χ0v) is 16.4. The maximum atomic E-state index is 12.5. The largest absolute Gasteiger partial charge is 0.351 e. The SMILES string of the molecule is Cc1cc(C(=O)N2CCC(c3nc(C)c(-c4ccnc(C)n4)s3)CC2)on1. The third kappa shape index (κ3) is 3.62. The van der Waals surface area contributed by atoms with E-state index in [0.29, 0.717) is 24.8 Å². The van der Waals surface area contributed by atoms with Crippen molar-refractivity contribution < 1.29 is 9.32 Å². The summed E-state index contributed by atoms with van der Waals surface area (Å²) in [4.78, 5) is 28.9. The van der Waals surface area contributed by atoms with Crippen LogP contribution in [-0.4, -0.2) is 44.0 Å². The minimum absolute atomic E-state index is 0.0819. The third-order valence-corrected chi connectivity index (χ3v) is 6.13. The van der Waals surface area contributed by atoms with Crippen molar-refractivity contribution in [3.05, 3.63) is 46.3 Å². The Hall–Kier alpha value is -2.61. The van der Waals surface area contributed by atoms with Gasteiger partial charge in [0, 0.05) is 31.3 Å². The highest BCUT2D eigenvalue weighted by Crippen LogP contribution is 2.36. The van der Waals surface area contributed by atoms with Gasteiger partial charge in [-0.05, 0) is 39.7 Å². The zero-order valence-electron chi connectivity index (χ0n) is 15.6. The lowest BCUT2D eigenvalue weighted by Crippen LogP contribution is -2.37. The van der Waals surface area contributed by atoms with Gasteiger partial charge in [0.25, 0.3) is 5.91 Å². The molecular formula is C19H21N5O2S. The van der Waals surface area contributed by atoms with E-state index in [9.17, 15) is 4.79 Å². The molecule has 3 aromatic heterocycles. The van der Waals surface area contributed by atoms with Gasteiger partial charge in [0.2, 0.25) is 5.76 Å². The van der Waals surface area contributed by atoms with Crippen molar-refractivity contribution in [3.8, 4) is 10.6 Å². The number of aryl methyl sites for hydroxylation is 3. The topological polar surface area (TPSA) is 85.0 Å². The number of hydrogen-bond acceptors (Lipinski definition) is 7. The van der Waals surface area contributed by atoms with Crippen molar-refractivity contribution in [1.29, 1.82) is 0 Å². The summed E-state index contributed by atoms with van der Waals surface area (Å²) in [6.07, 6.45) is 3.58. The Morgan fingerprint density at radius 1 is 1.22 bits per heavy atom.